The molecule has 0 atom stereocenters. The number of carbonyl (C=O) groups excluding carboxylic acids is 3. The highest BCUT2D eigenvalue weighted by Crippen LogP contribution is 2.30. The van der Waals surface area contributed by atoms with Gasteiger partial charge in [0.05, 0.1) is 0 Å². The second-order valence-corrected chi connectivity index (χ2v) is 7.07. The molecule has 0 radical (unpaired) electrons. The monoisotopic (exact) mass is 369 g/mol. The van der Waals surface area contributed by atoms with Crippen LogP contribution in [-0.4, -0.2) is 42.3 Å². The summed E-state index contributed by atoms with van der Waals surface area (Å²) in [6.07, 6.45) is 0. The van der Waals surface area contributed by atoms with Gasteiger partial charge in [-0.1, -0.05) is 30.0 Å². The zero-order chi connectivity index (χ0) is 18.5. The number of benzene rings is 2. The molecule has 1 aliphatic rings. The first-order valence-corrected chi connectivity index (χ1v) is 9.05. The minimum Gasteiger partial charge on any atom is -0.353 e. The Bertz CT molecular complexity index is 839. The van der Waals surface area contributed by atoms with Gasteiger partial charge in [0.1, 0.15) is 6.54 Å². The van der Waals surface area contributed by atoms with Crippen LogP contribution in [0.4, 0.5) is 5.69 Å². The van der Waals surface area contributed by atoms with E-state index in [4.69, 9.17) is 0 Å². The first-order valence-electron chi connectivity index (χ1n) is 8.23. The number of hydrogen-bond donors (Lipinski definition) is 2. The standard InChI is InChI=1S/C19H19N3O3S/c1-13-11-15(26-14-5-3-2-4-6-14)7-8-16(13)21-18(24)19(25)22-10-9-20-17(23)12-22/h2-8,11H,9-10,12H2,1H3,(H,20,23)(H,21,24). The van der Waals surface area contributed by atoms with Crippen LogP contribution in [0.2, 0.25) is 0 Å². The number of anilines is 1. The fraction of sp³-hybridized carbons (Fsp3) is 0.211. The lowest BCUT2D eigenvalue weighted by Gasteiger charge is -2.26. The van der Waals surface area contributed by atoms with Gasteiger partial charge in [0.15, 0.2) is 0 Å². The van der Waals surface area contributed by atoms with Gasteiger partial charge >= 0.3 is 11.8 Å². The van der Waals surface area contributed by atoms with Crippen molar-refractivity contribution in [3.05, 3.63) is 54.1 Å². The fourth-order valence-electron chi connectivity index (χ4n) is 2.60. The van der Waals surface area contributed by atoms with Gasteiger partial charge in [-0.2, -0.15) is 0 Å². The average Bonchev–Trinajstić information content (AvgIpc) is 2.64. The molecule has 3 rings (SSSR count). The summed E-state index contributed by atoms with van der Waals surface area (Å²) in [4.78, 5) is 39.2. The molecule has 1 saturated heterocycles. The van der Waals surface area contributed by atoms with E-state index in [1.807, 2.05) is 49.4 Å². The van der Waals surface area contributed by atoms with Crippen LogP contribution in [0.25, 0.3) is 0 Å². The Hall–Kier alpha value is -2.80. The molecule has 134 valence electrons. The second kappa shape index (κ2) is 8.05. The Balaban J connectivity index is 1.65. The molecule has 2 N–H and O–H groups in total. The molecule has 0 spiro atoms. The molecular formula is C19H19N3O3S. The molecule has 0 unspecified atom stereocenters. The van der Waals surface area contributed by atoms with Gasteiger partial charge in [-0.05, 0) is 42.8 Å². The van der Waals surface area contributed by atoms with E-state index in [0.717, 1.165) is 15.4 Å². The van der Waals surface area contributed by atoms with Crippen molar-refractivity contribution < 1.29 is 14.4 Å². The maximum Gasteiger partial charge on any atom is 0.313 e. The van der Waals surface area contributed by atoms with Crippen molar-refractivity contribution in [2.75, 3.05) is 25.0 Å². The van der Waals surface area contributed by atoms with Gasteiger partial charge in [0.25, 0.3) is 0 Å². The van der Waals surface area contributed by atoms with Crippen molar-refractivity contribution >= 4 is 35.2 Å². The molecule has 26 heavy (non-hydrogen) atoms. The van der Waals surface area contributed by atoms with Crippen molar-refractivity contribution in [3.63, 3.8) is 0 Å². The summed E-state index contributed by atoms with van der Waals surface area (Å²) in [6, 6.07) is 15.6. The predicted octanol–water partition coefficient (Wildman–Crippen LogP) is 2.04. The normalized spacial score (nSPS) is 13.9. The Morgan fingerprint density at radius 3 is 2.58 bits per heavy atom. The van der Waals surface area contributed by atoms with Crippen molar-refractivity contribution in [1.82, 2.24) is 10.2 Å². The van der Waals surface area contributed by atoms with Crippen LogP contribution in [0.15, 0.2) is 58.3 Å². The van der Waals surface area contributed by atoms with E-state index in [0.29, 0.717) is 18.8 Å². The molecule has 3 amide bonds. The van der Waals surface area contributed by atoms with Crippen molar-refractivity contribution in [3.8, 4) is 0 Å². The summed E-state index contributed by atoms with van der Waals surface area (Å²) in [5.74, 6) is -1.68. The maximum atomic E-state index is 12.2. The fourth-order valence-corrected chi connectivity index (χ4v) is 3.53. The van der Waals surface area contributed by atoms with E-state index in [9.17, 15) is 14.4 Å². The van der Waals surface area contributed by atoms with Crippen LogP contribution in [0, 0.1) is 6.92 Å². The number of hydrogen-bond acceptors (Lipinski definition) is 4. The maximum absolute atomic E-state index is 12.2. The molecule has 2 aromatic rings. The SMILES string of the molecule is Cc1cc(Sc2ccccc2)ccc1NC(=O)C(=O)N1CCNC(=O)C1. The molecule has 0 saturated carbocycles. The van der Waals surface area contributed by atoms with E-state index in [1.54, 1.807) is 17.8 Å². The van der Waals surface area contributed by atoms with Gasteiger partial charge in [-0.25, -0.2) is 0 Å². The highest BCUT2D eigenvalue weighted by Gasteiger charge is 2.26. The first-order chi connectivity index (χ1) is 12.5. The summed E-state index contributed by atoms with van der Waals surface area (Å²) in [5, 5.41) is 5.27. The van der Waals surface area contributed by atoms with E-state index in [-0.39, 0.29) is 12.5 Å². The van der Waals surface area contributed by atoms with Crippen LogP contribution in [0.3, 0.4) is 0 Å². The molecule has 1 fully saturated rings. The van der Waals surface area contributed by atoms with Gasteiger partial charge in [0.2, 0.25) is 5.91 Å². The zero-order valence-corrected chi connectivity index (χ0v) is 15.1. The zero-order valence-electron chi connectivity index (χ0n) is 14.3. The number of nitrogens with zero attached hydrogens (tertiary/aromatic N) is 1. The van der Waals surface area contributed by atoms with Crippen LogP contribution in [0.5, 0.6) is 0 Å². The van der Waals surface area contributed by atoms with E-state index in [2.05, 4.69) is 10.6 Å². The molecule has 2 aromatic carbocycles. The number of nitrogens with one attached hydrogen (secondary N) is 2. The van der Waals surface area contributed by atoms with Crippen LogP contribution >= 0.6 is 11.8 Å². The van der Waals surface area contributed by atoms with Gasteiger partial charge in [-0.3, -0.25) is 14.4 Å². The average molecular weight is 369 g/mol. The smallest absolute Gasteiger partial charge is 0.313 e. The minimum absolute atomic E-state index is 0.0854. The number of piperazine rings is 1. The summed E-state index contributed by atoms with van der Waals surface area (Å²) >= 11 is 1.63. The number of aryl methyl sites for hydroxylation is 1. The topological polar surface area (TPSA) is 78.5 Å². The third kappa shape index (κ3) is 4.43. The van der Waals surface area contributed by atoms with E-state index < -0.39 is 11.8 Å². The molecule has 7 heteroatoms. The van der Waals surface area contributed by atoms with Crippen LogP contribution in [0.1, 0.15) is 5.56 Å². The second-order valence-electron chi connectivity index (χ2n) is 5.92. The highest BCUT2D eigenvalue weighted by atomic mass is 32.2. The molecule has 0 bridgehead atoms. The third-order valence-electron chi connectivity index (χ3n) is 3.94. The molecule has 0 aromatic heterocycles. The van der Waals surface area contributed by atoms with Gasteiger partial charge in [0, 0.05) is 28.6 Å². The van der Waals surface area contributed by atoms with Crippen LogP contribution in [-0.2, 0) is 14.4 Å². The quantitative estimate of drug-likeness (QED) is 0.812. The number of rotatable bonds is 3. The summed E-state index contributed by atoms with van der Waals surface area (Å²) in [6.45, 7) is 2.49. The highest BCUT2D eigenvalue weighted by molar-refractivity contribution is 7.99. The minimum atomic E-state index is -0.730. The molecule has 6 nitrogen and oxygen atoms in total. The lowest BCUT2D eigenvalue weighted by molar-refractivity contribution is -0.145. The van der Waals surface area contributed by atoms with Gasteiger partial charge < -0.3 is 15.5 Å². The van der Waals surface area contributed by atoms with Crippen LogP contribution < -0.4 is 10.6 Å². The van der Waals surface area contributed by atoms with Gasteiger partial charge in [-0.15, -0.1) is 0 Å². The largest absolute Gasteiger partial charge is 0.353 e. The van der Waals surface area contributed by atoms with Crippen molar-refractivity contribution in [2.45, 2.75) is 16.7 Å². The lowest BCUT2D eigenvalue weighted by atomic mass is 10.2. The summed E-state index contributed by atoms with van der Waals surface area (Å²) in [7, 11) is 0. The summed E-state index contributed by atoms with van der Waals surface area (Å²) < 4.78 is 0. The summed E-state index contributed by atoms with van der Waals surface area (Å²) in [5.41, 5.74) is 1.45. The number of carbonyl (C=O) groups is 3. The third-order valence-corrected chi connectivity index (χ3v) is 4.94. The van der Waals surface area contributed by atoms with E-state index in [1.165, 1.54) is 4.90 Å². The Morgan fingerprint density at radius 1 is 1.12 bits per heavy atom. The Kier molecular flexibility index (Phi) is 5.58. The molecule has 1 heterocycles. The molecular weight excluding hydrogens is 350 g/mol. The Morgan fingerprint density at radius 2 is 1.88 bits per heavy atom. The number of amides is 3. The first kappa shape index (κ1) is 18.0. The predicted molar refractivity (Wildman–Crippen MR) is 100.0 cm³/mol. The molecule has 0 aliphatic carbocycles. The Labute approximate surface area is 156 Å². The van der Waals surface area contributed by atoms with Crippen molar-refractivity contribution in [2.24, 2.45) is 0 Å². The van der Waals surface area contributed by atoms with E-state index >= 15 is 0 Å². The lowest BCUT2D eigenvalue weighted by Crippen LogP contribution is -2.52. The van der Waals surface area contributed by atoms with Crippen molar-refractivity contribution in [1.29, 1.82) is 0 Å². The molecule has 1 aliphatic heterocycles.